The number of hydrogen-bond donors (Lipinski definition) is 2. The van der Waals surface area contributed by atoms with Crippen molar-refractivity contribution in [3.63, 3.8) is 0 Å². The molecule has 1 saturated heterocycles. The maximum absolute atomic E-state index is 11.7. The van der Waals surface area contributed by atoms with E-state index in [0.717, 1.165) is 11.3 Å². The third-order valence-electron chi connectivity index (χ3n) is 3.80. The zero-order valence-electron chi connectivity index (χ0n) is 13.6. The van der Waals surface area contributed by atoms with E-state index in [-0.39, 0.29) is 11.7 Å². The maximum atomic E-state index is 11.7. The van der Waals surface area contributed by atoms with Crippen LogP contribution >= 0.6 is 0 Å². The van der Waals surface area contributed by atoms with Gasteiger partial charge in [0.15, 0.2) is 0 Å². The van der Waals surface area contributed by atoms with Gasteiger partial charge in [0, 0.05) is 5.69 Å². The lowest BCUT2D eigenvalue weighted by Gasteiger charge is -2.13. The van der Waals surface area contributed by atoms with E-state index < -0.39 is 5.97 Å². The van der Waals surface area contributed by atoms with E-state index in [0.29, 0.717) is 24.6 Å². The van der Waals surface area contributed by atoms with Crippen molar-refractivity contribution >= 4 is 29.1 Å². The molecule has 0 spiro atoms. The molecule has 2 aromatic carbocycles. The van der Waals surface area contributed by atoms with Crippen LogP contribution in [0, 0.1) is 0 Å². The average Bonchev–Trinajstić information content (AvgIpc) is 3.06. The van der Waals surface area contributed by atoms with Crippen LogP contribution in [0.2, 0.25) is 0 Å². The van der Waals surface area contributed by atoms with Crippen molar-refractivity contribution in [3.05, 3.63) is 59.7 Å². The van der Waals surface area contributed by atoms with Crippen LogP contribution in [0.5, 0.6) is 0 Å². The Kier molecular flexibility index (Phi) is 4.65. The minimum Gasteiger partial charge on any atom is -0.478 e. The van der Waals surface area contributed by atoms with E-state index in [1.54, 1.807) is 17.0 Å². The molecule has 7 heteroatoms. The minimum absolute atomic E-state index is 0.187. The average molecular weight is 339 g/mol. The second-order valence-electron chi connectivity index (χ2n) is 5.51. The lowest BCUT2D eigenvalue weighted by molar-refractivity contribution is 0.0697. The molecule has 2 N–H and O–H groups in total. The van der Waals surface area contributed by atoms with E-state index in [1.165, 1.54) is 12.1 Å². The molecule has 3 rings (SSSR count). The van der Waals surface area contributed by atoms with Crippen LogP contribution in [0.3, 0.4) is 0 Å². The first-order chi connectivity index (χ1) is 12.0. The van der Waals surface area contributed by atoms with Crippen molar-refractivity contribution in [2.75, 3.05) is 23.5 Å². The standard InChI is InChI=1S/C18H17N3O4/c1-12(19-20-15-6-2-5-14(10-15)17(22)23)13-4-3-7-16(11-13)21-8-9-25-18(21)24/h2-7,10-11,20H,8-9H2,1H3,(H,22,23). The molecule has 25 heavy (non-hydrogen) atoms. The molecule has 1 aliphatic rings. The summed E-state index contributed by atoms with van der Waals surface area (Å²) >= 11 is 0. The number of benzene rings is 2. The summed E-state index contributed by atoms with van der Waals surface area (Å²) in [4.78, 5) is 24.2. The molecule has 1 amide bonds. The number of hydrazone groups is 1. The number of ether oxygens (including phenoxy) is 1. The number of carboxylic acid groups (broad SMARTS) is 1. The van der Waals surface area contributed by atoms with Crippen molar-refractivity contribution < 1.29 is 19.4 Å². The second-order valence-corrected chi connectivity index (χ2v) is 5.51. The smallest absolute Gasteiger partial charge is 0.414 e. The molecule has 1 aliphatic heterocycles. The van der Waals surface area contributed by atoms with Crippen molar-refractivity contribution in [3.8, 4) is 0 Å². The summed E-state index contributed by atoms with van der Waals surface area (Å²) in [6.07, 6.45) is -0.352. The highest BCUT2D eigenvalue weighted by Gasteiger charge is 2.23. The number of hydrogen-bond acceptors (Lipinski definition) is 5. The zero-order chi connectivity index (χ0) is 17.8. The molecule has 0 radical (unpaired) electrons. The first kappa shape index (κ1) is 16.5. The van der Waals surface area contributed by atoms with Gasteiger partial charge in [0.2, 0.25) is 0 Å². The summed E-state index contributed by atoms with van der Waals surface area (Å²) in [5.74, 6) is -0.991. The summed E-state index contributed by atoms with van der Waals surface area (Å²) in [5.41, 5.74) is 5.93. The molecule has 0 aliphatic carbocycles. The van der Waals surface area contributed by atoms with Gasteiger partial charge in [0.25, 0.3) is 0 Å². The van der Waals surface area contributed by atoms with Gasteiger partial charge in [-0.1, -0.05) is 18.2 Å². The number of cyclic esters (lactones) is 1. The molecule has 128 valence electrons. The number of amides is 1. The van der Waals surface area contributed by atoms with Crippen molar-refractivity contribution in [2.45, 2.75) is 6.92 Å². The topological polar surface area (TPSA) is 91.2 Å². The van der Waals surface area contributed by atoms with Crippen molar-refractivity contribution in [1.29, 1.82) is 0 Å². The highest BCUT2D eigenvalue weighted by atomic mass is 16.6. The third-order valence-corrected chi connectivity index (χ3v) is 3.80. The maximum Gasteiger partial charge on any atom is 0.414 e. The van der Waals surface area contributed by atoms with Crippen LogP contribution < -0.4 is 10.3 Å². The van der Waals surface area contributed by atoms with Gasteiger partial charge in [-0.05, 0) is 42.8 Å². The number of nitrogens with zero attached hydrogens (tertiary/aromatic N) is 2. The minimum atomic E-state index is -0.991. The Labute approximate surface area is 144 Å². The van der Waals surface area contributed by atoms with Crippen LogP contribution in [0.1, 0.15) is 22.8 Å². The van der Waals surface area contributed by atoms with Gasteiger partial charge in [-0.2, -0.15) is 5.10 Å². The van der Waals surface area contributed by atoms with E-state index >= 15 is 0 Å². The number of anilines is 2. The fourth-order valence-electron chi connectivity index (χ4n) is 2.46. The number of aromatic carboxylic acids is 1. The van der Waals surface area contributed by atoms with Gasteiger partial charge >= 0.3 is 12.1 Å². The first-order valence-corrected chi connectivity index (χ1v) is 7.73. The highest BCUT2D eigenvalue weighted by molar-refractivity contribution is 6.01. The van der Waals surface area contributed by atoms with Crippen LogP contribution in [-0.2, 0) is 4.74 Å². The summed E-state index contributed by atoms with van der Waals surface area (Å²) in [6.45, 7) is 2.74. The number of carboxylic acids is 1. The molecule has 0 bridgehead atoms. The fourth-order valence-corrected chi connectivity index (χ4v) is 2.46. The molecule has 0 saturated carbocycles. The molecular weight excluding hydrogens is 322 g/mol. The molecule has 1 heterocycles. The molecular formula is C18H17N3O4. The van der Waals surface area contributed by atoms with E-state index in [4.69, 9.17) is 9.84 Å². The first-order valence-electron chi connectivity index (χ1n) is 7.73. The fraction of sp³-hybridized carbons (Fsp3) is 0.167. The van der Waals surface area contributed by atoms with Gasteiger partial charge in [-0.3, -0.25) is 10.3 Å². The second kappa shape index (κ2) is 7.04. The molecule has 7 nitrogen and oxygen atoms in total. The highest BCUT2D eigenvalue weighted by Crippen LogP contribution is 2.20. The lowest BCUT2D eigenvalue weighted by atomic mass is 10.1. The van der Waals surface area contributed by atoms with Gasteiger partial charge in [-0.15, -0.1) is 0 Å². The van der Waals surface area contributed by atoms with E-state index in [2.05, 4.69) is 10.5 Å². The van der Waals surface area contributed by atoms with Crippen LogP contribution in [0.4, 0.5) is 16.2 Å². The lowest BCUT2D eigenvalue weighted by Crippen LogP contribution is -2.23. The van der Waals surface area contributed by atoms with Crippen molar-refractivity contribution in [1.82, 2.24) is 0 Å². The van der Waals surface area contributed by atoms with Gasteiger partial charge in [0.1, 0.15) is 6.61 Å². The third kappa shape index (κ3) is 3.77. The Morgan fingerprint density at radius 1 is 1.20 bits per heavy atom. The Morgan fingerprint density at radius 2 is 1.96 bits per heavy atom. The SMILES string of the molecule is CC(=NNc1cccc(C(=O)O)c1)c1cccc(N2CCOC2=O)c1. The normalized spacial score (nSPS) is 14.4. The van der Waals surface area contributed by atoms with Crippen LogP contribution in [0.25, 0.3) is 0 Å². The summed E-state index contributed by atoms with van der Waals surface area (Å²) < 4.78 is 4.95. The summed E-state index contributed by atoms with van der Waals surface area (Å²) in [5, 5.41) is 13.3. The largest absolute Gasteiger partial charge is 0.478 e. The number of carbonyl (C=O) groups is 2. The predicted molar refractivity (Wildman–Crippen MR) is 94.4 cm³/mol. The van der Waals surface area contributed by atoms with E-state index in [1.807, 2.05) is 31.2 Å². The summed E-state index contributed by atoms with van der Waals surface area (Å²) in [7, 11) is 0. The van der Waals surface area contributed by atoms with Gasteiger partial charge < -0.3 is 9.84 Å². The molecule has 1 fully saturated rings. The number of rotatable bonds is 5. The van der Waals surface area contributed by atoms with Crippen LogP contribution in [0.15, 0.2) is 53.6 Å². The van der Waals surface area contributed by atoms with Gasteiger partial charge in [-0.25, -0.2) is 9.59 Å². The summed E-state index contributed by atoms with van der Waals surface area (Å²) in [6, 6.07) is 13.8. The van der Waals surface area contributed by atoms with Crippen molar-refractivity contribution in [2.24, 2.45) is 5.10 Å². The molecule has 0 atom stereocenters. The zero-order valence-corrected chi connectivity index (χ0v) is 13.6. The monoisotopic (exact) mass is 339 g/mol. The number of nitrogens with one attached hydrogen (secondary N) is 1. The van der Waals surface area contributed by atoms with Crippen LogP contribution in [-0.4, -0.2) is 36.0 Å². The Balaban J connectivity index is 1.77. The quantitative estimate of drug-likeness (QED) is 0.645. The van der Waals surface area contributed by atoms with Gasteiger partial charge in [0.05, 0.1) is 23.5 Å². The Bertz CT molecular complexity index is 848. The molecule has 0 unspecified atom stereocenters. The predicted octanol–water partition coefficient (Wildman–Crippen LogP) is 3.18. The molecule has 0 aromatic heterocycles. The number of carbonyl (C=O) groups excluding carboxylic acids is 1. The Morgan fingerprint density at radius 3 is 2.68 bits per heavy atom. The molecule has 2 aromatic rings. The Hall–Kier alpha value is -3.35. The van der Waals surface area contributed by atoms with E-state index in [9.17, 15) is 9.59 Å².